The van der Waals surface area contributed by atoms with Gasteiger partial charge in [0.25, 0.3) is 0 Å². The number of rotatable bonds is 8. The average Bonchev–Trinajstić information content (AvgIpc) is 3.20. The fraction of sp³-hybridized carbons (Fsp3) is 0.600. The van der Waals surface area contributed by atoms with Gasteiger partial charge in [-0.2, -0.15) is 0 Å². The molecule has 9 nitrogen and oxygen atoms in total. The molecule has 2 aromatic heterocycles. The van der Waals surface area contributed by atoms with Gasteiger partial charge in [0.1, 0.15) is 18.0 Å². The number of aromatic nitrogens is 4. The Balaban J connectivity index is 0.00000320. The predicted octanol–water partition coefficient (Wildman–Crippen LogP) is 1.36. The molecule has 0 spiro atoms. The number of halogens is 1. The highest BCUT2D eigenvalue weighted by molar-refractivity contribution is 14.0. The molecule has 1 aliphatic heterocycles. The Labute approximate surface area is 196 Å². The molecule has 0 radical (unpaired) electrons. The van der Waals surface area contributed by atoms with Crippen LogP contribution >= 0.6 is 24.0 Å². The fourth-order valence-electron chi connectivity index (χ4n) is 3.40. The van der Waals surface area contributed by atoms with Crippen molar-refractivity contribution in [3.05, 3.63) is 36.0 Å². The van der Waals surface area contributed by atoms with E-state index in [1.807, 2.05) is 12.3 Å². The first-order valence-corrected chi connectivity index (χ1v) is 10.5. The predicted molar refractivity (Wildman–Crippen MR) is 132 cm³/mol. The third kappa shape index (κ3) is 6.79. The molecule has 10 heteroatoms. The maximum absolute atomic E-state index is 4.79. The Kier molecular flexibility index (Phi) is 10.3. The van der Waals surface area contributed by atoms with Crippen molar-refractivity contribution in [1.29, 1.82) is 0 Å². The molecular formula is C20H34IN9. The van der Waals surface area contributed by atoms with Crippen LogP contribution in [-0.2, 0) is 19.5 Å². The van der Waals surface area contributed by atoms with E-state index in [-0.39, 0.29) is 24.0 Å². The van der Waals surface area contributed by atoms with Crippen LogP contribution in [0.1, 0.15) is 25.2 Å². The molecule has 0 aliphatic carbocycles. The van der Waals surface area contributed by atoms with E-state index in [0.717, 1.165) is 75.4 Å². The highest BCUT2D eigenvalue weighted by Crippen LogP contribution is 2.19. The number of likely N-dealkylation sites (N-methyl/N-ethyl adjacent to an activating group) is 1. The zero-order valence-corrected chi connectivity index (χ0v) is 20.5. The van der Waals surface area contributed by atoms with Crippen LogP contribution in [0.3, 0.4) is 0 Å². The van der Waals surface area contributed by atoms with Crippen LogP contribution in [0, 0.1) is 0 Å². The monoisotopic (exact) mass is 527 g/mol. The average molecular weight is 527 g/mol. The van der Waals surface area contributed by atoms with Gasteiger partial charge in [-0.05, 0) is 20.0 Å². The highest BCUT2D eigenvalue weighted by atomic mass is 127. The van der Waals surface area contributed by atoms with Gasteiger partial charge < -0.3 is 25.0 Å². The molecule has 1 fully saturated rings. The Morgan fingerprint density at radius 1 is 1.17 bits per heavy atom. The lowest BCUT2D eigenvalue weighted by atomic mass is 10.2. The Bertz CT molecular complexity index is 784. The first-order valence-electron chi connectivity index (χ1n) is 10.5. The molecule has 0 amide bonds. The van der Waals surface area contributed by atoms with Crippen LogP contribution in [0.4, 0.5) is 5.82 Å². The molecular weight excluding hydrogens is 493 g/mol. The standard InChI is InChI=1S/C20H33N9.HI/c1-4-18-26-25-16-29(18)10-9-23-20(21-5-2)24-15-17-7-6-8-22-19(17)28-13-11-27(3)12-14-28;/h6-8,16H,4-5,9-15H2,1-3H3,(H2,21,23,24);1H. The first-order chi connectivity index (χ1) is 14.2. The molecule has 3 heterocycles. The van der Waals surface area contributed by atoms with E-state index in [4.69, 9.17) is 4.99 Å². The maximum Gasteiger partial charge on any atom is 0.191 e. The molecule has 2 N–H and O–H groups in total. The summed E-state index contributed by atoms with van der Waals surface area (Å²) in [4.78, 5) is 14.2. The van der Waals surface area contributed by atoms with Crippen LogP contribution in [0.25, 0.3) is 0 Å². The largest absolute Gasteiger partial charge is 0.357 e. The summed E-state index contributed by atoms with van der Waals surface area (Å²) in [7, 11) is 2.17. The van der Waals surface area contributed by atoms with Gasteiger partial charge in [0.15, 0.2) is 5.96 Å². The molecule has 0 unspecified atom stereocenters. The van der Waals surface area contributed by atoms with Crippen LogP contribution < -0.4 is 15.5 Å². The zero-order valence-electron chi connectivity index (χ0n) is 18.2. The normalized spacial score (nSPS) is 15.0. The van der Waals surface area contributed by atoms with E-state index in [1.165, 1.54) is 0 Å². The minimum Gasteiger partial charge on any atom is -0.357 e. The number of aryl methyl sites for hydroxylation is 1. The Morgan fingerprint density at radius 2 is 1.97 bits per heavy atom. The Hall–Kier alpha value is -1.95. The van der Waals surface area contributed by atoms with Crippen LogP contribution in [0.15, 0.2) is 29.6 Å². The molecule has 0 atom stereocenters. The molecule has 166 valence electrons. The highest BCUT2D eigenvalue weighted by Gasteiger charge is 2.17. The second-order valence-electron chi connectivity index (χ2n) is 7.19. The molecule has 1 aliphatic rings. The second-order valence-corrected chi connectivity index (χ2v) is 7.19. The van der Waals surface area contributed by atoms with Gasteiger partial charge in [-0.1, -0.05) is 13.0 Å². The summed E-state index contributed by atoms with van der Waals surface area (Å²) in [6, 6.07) is 4.11. The maximum atomic E-state index is 4.79. The molecule has 1 saturated heterocycles. The summed E-state index contributed by atoms with van der Waals surface area (Å²) < 4.78 is 2.07. The zero-order chi connectivity index (χ0) is 20.5. The van der Waals surface area contributed by atoms with Crippen LogP contribution in [-0.4, -0.2) is 76.9 Å². The number of anilines is 1. The fourth-order valence-corrected chi connectivity index (χ4v) is 3.40. The van der Waals surface area contributed by atoms with E-state index in [2.05, 4.69) is 67.1 Å². The third-order valence-electron chi connectivity index (χ3n) is 5.08. The van der Waals surface area contributed by atoms with Crippen molar-refractivity contribution in [1.82, 2.24) is 35.3 Å². The third-order valence-corrected chi connectivity index (χ3v) is 5.08. The molecule has 0 bridgehead atoms. The minimum absolute atomic E-state index is 0. The first kappa shape index (κ1) is 24.3. The Morgan fingerprint density at radius 3 is 2.70 bits per heavy atom. The van der Waals surface area contributed by atoms with Gasteiger partial charge in [0.05, 0.1) is 6.54 Å². The summed E-state index contributed by atoms with van der Waals surface area (Å²) in [5.74, 6) is 2.87. The van der Waals surface area contributed by atoms with Gasteiger partial charge in [0, 0.05) is 64.0 Å². The second kappa shape index (κ2) is 12.7. The van der Waals surface area contributed by atoms with Crippen molar-refractivity contribution in [3.63, 3.8) is 0 Å². The number of nitrogens with zero attached hydrogens (tertiary/aromatic N) is 7. The number of hydrogen-bond donors (Lipinski definition) is 2. The van der Waals surface area contributed by atoms with E-state index in [9.17, 15) is 0 Å². The topological polar surface area (TPSA) is 86.5 Å². The minimum atomic E-state index is 0. The summed E-state index contributed by atoms with van der Waals surface area (Å²) in [6.07, 6.45) is 4.53. The smallest absolute Gasteiger partial charge is 0.191 e. The SMILES string of the molecule is CCNC(=NCc1cccnc1N1CCN(C)CC1)NCCn1cnnc1CC.I. The summed E-state index contributed by atoms with van der Waals surface area (Å²) in [6.45, 7) is 11.3. The quantitative estimate of drug-likeness (QED) is 0.305. The van der Waals surface area contributed by atoms with Crippen molar-refractivity contribution in [2.24, 2.45) is 4.99 Å². The summed E-state index contributed by atoms with van der Waals surface area (Å²) in [5, 5.41) is 14.8. The lowest BCUT2D eigenvalue weighted by Gasteiger charge is -2.34. The number of hydrogen-bond acceptors (Lipinski definition) is 6. The number of aliphatic imine (C=N–C) groups is 1. The van der Waals surface area contributed by atoms with Crippen LogP contribution in [0.2, 0.25) is 0 Å². The van der Waals surface area contributed by atoms with Crippen molar-refractivity contribution in [2.45, 2.75) is 33.4 Å². The number of piperazine rings is 1. The lowest BCUT2D eigenvalue weighted by molar-refractivity contribution is 0.312. The van der Waals surface area contributed by atoms with Crippen LogP contribution in [0.5, 0.6) is 0 Å². The van der Waals surface area contributed by atoms with Crippen molar-refractivity contribution < 1.29 is 0 Å². The van der Waals surface area contributed by atoms with Gasteiger partial charge in [-0.25, -0.2) is 9.98 Å². The van der Waals surface area contributed by atoms with Gasteiger partial charge in [0.2, 0.25) is 0 Å². The van der Waals surface area contributed by atoms with E-state index >= 15 is 0 Å². The van der Waals surface area contributed by atoms with Crippen molar-refractivity contribution in [3.8, 4) is 0 Å². The lowest BCUT2D eigenvalue weighted by Crippen LogP contribution is -2.45. The molecule has 2 aromatic rings. The summed E-state index contributed by atoms with van der Waals surface area (Å²) in [5.41, 5.74) is 1.15. The number of guanidine groups is 1. The summed E-state index contributed by atoms with van der Waals surface area (Å²) >= 11 is 0. The molecule has 30 heavy (non-hydrogen) atoms. The molecule has 0 saturated carbocycles. The number of nitrogens with one attached hydrogen (secondary N) is 2. The van der Waals surface area contributed by atoms with E-state index in [0.29, 0.717) is 6.54 Å². The van der Waals surface area contributed by atoms with Gasteiger partial charge >= 0.3 is 0 Å². The van der Waals surface area contributed by atoms with E-state index < -0.39 is 0 Å². The van der Waals surface area contributed by atoms with Gasteiger partial charge in [-0.15, -0.1) is 34.2 Å². The van der Waals surface area contributed by atoms with Gasteiger partial charge in [-0.3, -0.25) is 0 Å². The molecule has 3 rings (SSSR count). The van der Waals surface area contributed by atoms with Crippen molar-refractivity contribution in [2.75, 3.05) is 51.2 Å². The molecule has 0 aromatic carbocycles. The number of pyridine rings is 1. The van der Waals surface area contributed by atoms with Crippen molar-refractivity contribution >= 4 is 35.8 Å². The van der Waals surface area contributed by atoms with E-state index in [1.54, 1.807) is 6.33 Å².